The van der Waals surface area contributed by atoms with E-state index in [1.807, 2.05) is 17.8 Å². The maximum absolute atomic E-state index is 5.92. The van der Waals surface area contributed by atoms with E-state index in [-0.39, 0.29) is 0 Å². The van der Waals surface area contributed by atoms with Gasteiger partial charge in [-0.25, -0.2) is 0 Å². The van der Waals surface area contributed by atoms with Crippen LogP contribution in [0.15, 0.2) is 42.6 Å². The summed E-state index contributed by atoms with van der Waals surface area (Å²) in [5, 5.41) is 0.756. The zero-order valence-corrected chi connectivity index (χ0v) is 11.3. The molecule has 0 saturated carbocycles. The van der Waals surface area contributed by atoms with Gasteiger partial charge in [0, 0.05) is 22.7 Å². The summed E-state index contributed by atoms with van der Waals surface area (Å²) in [4.78, 5) is 4.29. The van der Waals surface area contributed by atoms with Crippen molar-refractivity contribution in [1.82, 2.24) is 4.98 Å². The molecule has 0 aliphatic carbocycles. The second-order valence-electron chi connectivity index (χ2n) is 3.88. The third-order valence-corrected chi connectivity index (χ3v) is 3.80. The van der Waals surface area contributed by atoms with Gasteiger partial charge in [0.2, 0.25) is 0 Å². The molecule has 2 aromatic rings. The Hall–Kier alpha value is -0.990. The number of thioether (sulfide) groups is 1. The van der Waals surface area contributed by atoms with Crippen LogP contribution in [0.2, 0.25) is 5.02 Å². The molecule has 0 radical (unpaired) electrons. The molecule has 0 atom stereocenters. The smallest absolute Gasteiger partial charge is 0.0517 e. The second-order valence-corrected chi connectivity index (χ2v) is 5.31. The maximum atomic E-state index is 5.92. The Kier molecular flexibility index (Phi) is 4.46. The van der Waals surface area contributed by atoms with Crippen molar-refractivity contribution >= 4 is 23.4 Å². The van der Waals surface area contributed by atoms with Crippen LogP contribution < -0.4 is 0 Å². The van der Waals surface area contributed by atoms with Crippen molar-refractivity contribution in [2.45, 2.75) is 18.4 Å². The summed E-state index contributed by atoms with van der Waals surface area (Å²) in [7, 11) is 0. The van der Waals surface area contributed by atoms with E-state index in [2.05, 4.69) is 36.2 Å². The van der Waals surface area contributed by atoms with E-state index in [0.29, 0.717) is 0 Å². The summed E-state index contributed by atoms with van der Waals surface area (Å²) in [6.07, 6.45) is 1.76. The lowest BCUT2D eigenvalue weighted by Gasteiger charge is -2.05. The van der Waals surface area contributed by atoms with Crippen LogP contribution in [0, 0.1) is 6.92 Å². The molecule has 0 spiro atoms. The van der Waals surface area contributed by atoms with E-state index < -0.39 is 0 Å². The van der Waals surface area contributed by atoms with Crippen molar-refractivity contribution in [3.05, 3.63) is 64.4 Å². The Bertz CT molecular complexity index is 499. The van der Waals surface area contributed by atoms with E-state index in [9.17, 15) is 0 Å². The van der Waals surface area contributed by atoms with Gasteiger partial charge in [0.15, 0.2) is 0 Å². The Morgan fingerprint density at radius 1 is 1.18 bits per heavy atom. The van der Waals surface area contributed by atoms with Crippen LogP contribution >= 0.6 is 23.4 Å². The zero-order valence-electron chi connectivity index (χ0n) is 9.69. The largest absolute Gasteiger partial charge is 0.260 e. The van der Waals surface area contributed by atoms with Crippen LogP contribution in [0.3, 0.4) is 0 Å². The highest BCUT2D eigenvalue weighted by atomic mass is 35.5. The molecule has 1 heterocycles. The molecule has 0 saturated heterocycles. The Labute approximate surface area is 111 Å². The van der Waals surface area contributed by atoms with E-state index in [1.54, 1.807) is 12.3 Å². The fourth-order valence-corrected chi connectivity index (χ4v) is 2.76. The quantitative estimate of drug-likeness (QED) is 0.807. The lowest BCUT2D eigenvalue weighted by Crippen LogP contribution is -1.89. The average molecular weight is 264 g/mol. The molecule has 0 unspecified atom stereocenters. The van der Waals surface area contributed by atoms with Gasteiger partial charge in [-0.1, -0.05) is 35.9 Å². The standard InChI is InChI=1S/C14H14ClNS/c1-11-4-2-3-5-12(11)9-17-10-14-8-13(15)6-7-16-14/h2-8H,9-10H2,1H3. The fraction of sp³-hybridized carbons (Fsp3) is 0.214. The Morgan fingerprint density at radius 3 is 2.76 bits per heavy atom. The van der Waals surface area contributed by atoms with Crippen molar-refractivity contribution in [3.8, 4) is 0 Å². The highest BCUT2D eigenvalue weighted by Gasteiger charge is 1.99. The molecule has 2 rings (SSSR count). The number of nitrogens with zero attached hydrogens (tertiary/aromatic N) is 1. The van der Waals surface area contributed by atoms with E-state index in [0.717, 1.165) is 22.2 Å². The van der Waals surface area contributed by atoms with Crippen LogP contribution in [-0.4, -0.2) is 4.98 Å². The highest BCUT2D eigenvalue weighted by Crippen LogP contribution is 2.20. The summed E-state index contributed by atoms with van der Waals surface area (Å²) in [6, 6.07) is 12.2. The SMILES string of the molecule is Cc1ccccc1CSCc1cc(Cl)ccn1. The summed E-state index contributed by atoms with van der Waals surface area (Å²) in [5.41, 5.74) is 3.77. The number of hydrogen-bond donors (Lipinski definition) is 0. The molecule has 17 heavy (non-hydrogen) atoms. The third kappa shape index (κ3) is 3.76. The van der Waals surface area contributed by atoms with Gasteiger partial charge in [0.05, 0.1) is 5.69 Å². The van der Waals surface area contributed by atoms with Gasteiger partial charge in [-0.3, -0.25) is 4.98 Å². The highest BCUT2D eigenvalue weighted by molar-refractivity contribution is 7.97. The number of aryl methyl sites for hydroxylation is 1. The van der Waals surface area contributed by atoms with Crippen LogP contribution in [0.25, 0.3) is 0 Å². The van der Waals surface area contributed by atoms with Gasteiger partial charge >= 0.3 is 0 Å². The topological polar surface area (TPSA) is 12.9 Å². The number of halogens is 1. The lowest BCUT2D eigenvalue weighted by atomic mass is 10.1. The lowest BCUT2D eigenvalue weighted by molar-refractivity contribution is 1.17. The molecule has 0 bridgehead atoms. The van der Waals surface area contributed by atoms with E-state index in [4.69, 9.17) is 11.6 Å². The average Bonchev–Trinajstić information content (AvgIpc) is 2.32. The van der Waals surface area contributed by atoms with Gasteiger partial charge in [0.25, 0.3) is 0 Å². The summed E-state index contributed by atoms with van der Waals surface area (Å²) in [5.74, 6) is 1.91. The summed E-state index contributed by atoms with van der Waals surface area (Å²) in [6.45, 7) is 2.15. The molecule has 1 aromatic carbocycles. The Balaban J connectivity index is 1.90. The van der Waals surface area contributed by atoms with Crippen molar-refractivity contribution in [3.63, 3.8) is 0 Å². The second kappa shape index (κ2) is 6.08. The number of aromatic nitrogens is 1. The number of benzene rings is 1. The predicted molar refractivity (Wildman–Crippen MR) is 75.4 cm³/mol. The van der Waals surface area contributed by atoms with Crippen molar-refractivity contribution in [2.24, 2.45) is 0 Å². The maximum Gasteiger partial charge on any atom is 0.0517 e. The van der Waals surface area contributed by atoms with Gasteiger partial charge in [-0.2, -0.15) is 11.8 Å². The zero-order chi connectivity index (χ0) is 12.1. The fourth-order valence-electron chi connectivity index (χ4n) is 1.57. The monoisotopic (exact) mass is 263 g/mol. The van der Waals surface area contributed by atoms with Crippen LogP contribution in [0.5, 0.6) is 0 Å². The van der Waals surface area contributed by atoms with Crippen LogP contribution in [0.4, 0.5) is 0 Å². The summed E-state index contributed by atoms with van der Waals surface area (Å²) < 4.78 is 0. The molecule has 0 fully saturated rings. The van der Waals surface area contributed by atoms with Crippen LogP contribution in [0.1, 0.15) is 16.8 Å². The third-order valence-electron chi connectivity index (χ3n) is 2.55. The molecule has 0 amide bonds. The molecule has 0 N–H and O–H groups in total. The van der Waals surface area contributed by atoms with Crippen LogP contribution in [-0.2, 0) is 11.5 Å². The molecule has 1 nitrogen and oxygen atoms in total. The molecule has 3 heteroatoms. The first-order valence-electron chi connectivity index (χ1n) is 5.48. The first-order valence-corrected chi connectivity index (χ1v) is 7.01. The predicted octanol–water partition coefficient (Wildman–Crippen LogP) is 4.48. The number of rotatable bonds is 4. The van der Waals surface area contributed by atoms with E-state index >= 15 is 0 Å². The molecular formula is C14H14ClNS. The molecule has 0 aliphatic rings. The van der Waals surface area contributed by atoms with Gasteiger partial charge in [-0.15, -0.1) is 0 Å². The van der Waals surface area contributed by atoms with Gasteiger partial charge < -0.3 is 0 Å². The van der Waals surface area contributed by atoms with Crippen molar-refractivity contribution in [2.75, 3.05) is 0 Å². The van der Waals surface area contributed by atoms with Crippen molar-refractivity contribution in [1.29, 1.82) is 0 Å². The van der Waals surface area contributed by atoms with E-state index in [1.165, 1.54) is 11.1 Å². The molecular weight excluding hydrogens is 250 g/mol. The minimum atomic E-state index is 0.756. The Morgan fingerprint density at radius 2 is 2.00 bits per heavy atom. The summed E-state index contributed by atoms with van der Waals surface area (Å²) >= 11 is 7.78. The number of hydrogen-bond acceptors (Lipinski definition) is 2. The van der Waals surface area contributed by atoms with Crippen molar-refractivity contribution < 1.29 is 0 Å². The molecule has 0 aliphatic heterocycles. The van der Waals surface area contributed by atoms with Gasteiger partial charge in [-0.05, 0) is 30.2 Å². The minimum Gasteiger partial charge on any atom is -0.260 e. The molecule has 88 valence electrons. The first-order chi connectivity index (χ1) is 8.25. The minimum absolute atomic E-state index is 0.756. The normalized spacial score (nSPS) is 10.5. The number of pyridine rings is 1. The first kappa shape index (κ1) is 12.5. The van der Waals surface area contributed by atoms with Gasteiger partial charge in [0.1, 0.15) is 0 Å². The molecule has 1 aromatic heterocycles.